The molecule has 4 nitrogen and oxygen atoms in total. The second-order valence-electron chi connectivity index (χ2n) is 6.71. The van der Waals surface area contributed by atoms with Crippen LogP contribution in [0.5, 0.6) is 0 Å². The summed E-state index contributed by atoms with van der Waals surface area (Å²) in [5.74, 6) is 1.07. The van der Waals surface area contributed by atoms with Crippen molar-refractivity contribution in [2.45, 2.75) is 46.5 Å². The molecule has 0 bridgehead atoms. The first kappa shape index (κ1) is 17.2. The van der Waals surface area contributed by atoms with E-state index in [-0.39, 0.29) is 5.91 Å². The van der Waals surface area contributed by atoms with E-state index >= 15 is 0 Å². The zero-order valence-corrected chi connectivity index (χ0v) is 15.1. The molecule has 0 saturated heterocycles. The van der Waals surface area contributed by atoms with Crippen LogP contribution in [0.1, 0.15) is 42.3 Å². The fourth-order valence-electron chi connectivity index (χ4n) is 3.15. The maximum Gasteiger partial charge on any atom is 0.224 e. The minimum Gasteiger partial charge on any atom is -0.342 e. The first-order chi connectivity index (χ1) is 12.0. The quantitative estimate of drug-likeness (QED) is 0.686. The lowest BCUT2D eigenvalue weighted by molar-refractivity contribution is -0.116. The number of fused-ring (bicyclic) bond motifs is 1. The Morgan fingerprint density at radius 2 is 1.84 bits per heavy atom. The first-order valence-corrected chi connectivity index (χ1v) is 8.89. The van der Waals surface area contributed by atoms with Crippen molar-refractivity contribution < 1.29 is 4.79 Å². The number of benzene rings is 2. The smallest absolute Gasteiger partial charge is 0.224 e. The van der Waals surface area contributed by atoms with E-state index < -0.39 is 0 Å². The summed E-state index contributed by atoms with van der Waals surface area (Å²) in [6, 6.07) is 12.3. The molecule has 130 valence electrons. The normalized spacial score (nSPS) is 11.0. The highest BCUT2D eigenvalue weighted by Crippen LogP contribution is 2.17. The third kappa shape index (κ3) is 4.47. The van der Waals surface area contributed by atoms with E-state index in [0.717, 1.165) is 52.1 Å². The number of nitrogens with zero attached hydrogens (tertiary/aromatic N) is 1. The third-order valence-corrected chi connectivity index (χ3v) is 4.23. The van der Waals surface area contributed by atoms with Crippen LogP contribution in [-0.4, -0.2) is 15.9 Å². The summed E-state index contributed by atoms with van der Waals surface area (Å²) < 4.78 is 0. The number of aryl methyl sites for hydroxylation is 4. The van der Waals surface area contributed by atoms with Crippen molar-refractivity contribution in [3.05, 3.63) is 58.9 Å². The van der Waals surface area contributed by atoms with Gasteiger partial charge in [-0.1, -0.05) is 19.1 Å². The molecule has 4 heteroatoms. The molecule has 2 N–H and O–H groups in total. The van der Waals surface area contributed by atoms with Crippen LogP contribution in [-0.2, 0) is 17.6 Å². The summed E-state index contributed by atoms with van der Waals surface area (Å²) in [4.78, 5) is 20.2. The Hall–Kier alpha value is -2.62. The van der Waals surface area contributed by atoms with Gasteiger partial charge in [0.05, 0.1) is 11.0 Å². The highest BCUT2D eigenvalue weighted by Gasteiger charge is 2.07. The molecule has 0 saturated carbocycles. The van der Waals surface area contributed by atoms with Gasteiger partial charge in [-0.15, -0.1) is 0 Å². The highest BCUT2D eigenvalue weighted by atomic mass is 16.1. The number of imidazole rings is 1. The number of amides is 1. The molecule has 0 aliphatic carbocycles. The topological polar surface area (TPSA) is 57.8 Å². The molecule has 25 heavy (non-hydrogen) atoms. The number of rotatable bonds is 6. The molecule has 1 aromatic heterocycles. The van der Waals surface area contributed by atoms with Gasteiger partial charge in [-0.05, 0) is 67.6 Å². The van der Waals surface area contributed by atoms with Gasteiger partial charge in [0, 0.05) is 18.5 Å². The van der Waals surface area contributed by atoms with Crippen LogP contribution in [0.15, 0.2) is 36.4 Å². The molecule has 1 amide bonds. The summed E-state index contributed by atoms with van der Waals surface area (Å²) in [5, 5.41) is 2.99. The number of H-pyrrole nitrogens is 1. The van der Waals surface area contributed by atoms with Crippen molar-refractivity contribution in [1.82, 2.24) is 9.97 Å². The number of carbonyl (C=O) groups is 1. The Kier molecular flexibility index (Phi) is 5.17. The molecular formula is C21H25N3O. The Balaban J connectivity index is 1.62. The Morgan fingerprint density at radius 1 is 1.08 bits per heavy atom. The Labute approximate surface area is 148 Å². The van der Waals surface area contributed by atoms with Crippen molar-refractivity contribution in [3.8, 4) is 0 Å². The Bertz CT molecular complexity index is 875. The van der Waals surface area contributed by atoms with Crippen molar-refractivity contribution in [3.63, 3.8) is 0 Å². The fraction of sp³-hybridized carbons (Fsp3) is 0.333. The van der Waals surface area contributed by atoms with Gasteiger partial charge in [0.1, 0.15) is 5.82 Å². The molecule has 0 aliphatic rings. The number of hydrogen-bond donors (Lipinski definition) is 2. The second kappa shape index (κ2) is 7.51. The highest BCUT2D eigenvalue weighted by molar-refractivity contribution is 5.91. The molecule has 0 radical (unpaired) electrons. The minimum absolute atomic E-state index is 0.0429. The standard InChI is InChI=1S/C21H25N3O/c1-4-5-20-23-18-8-6-16(13-19(18)24-20)7-9-21(25)22-17-11-14(2)10-15(3)12-17/h6,8,10-13H,4-5,7,9H2,1-3H3,(H,22,25)(H,23,24). The van der Waals surface area contributed by atoms with Crippen LogP contribution >= 0.6 is 0 Å². The Morgan fingerprint density at radius 3 is 2.56 bits per heavy atom. The number of carbonyl (C=O) groups excluding carboxylic acids is 1. The predicted octanol–water partition coefficient (Wildman–Crippen LogP) is 4.70. The second-order valence-corrected chi connectivity index (χ2v) is 6.71. The van der Waals surface area contributed by atoms with E-state index in [0.29, 0.717) is 12.8 Å². The van der Waals surface area contributed by atoms with Gasteiger partial charge < -0.3 is 10.3 Å². The molecular weight excluding hydrogens is 310 g/mol. The van der Waals surface area contributed by atoms with Gasteiger partial charge in [-0.2, -0.15) is 0 Å². The van der Waals surface area contributed by atoms with E-state index in [9.17, 15) is 4.79 Å². The molecule has 0 atom stereocenters. The van der Waals surface area contributed by atoms with Gasteiger partial charge in [0.2, 0.25) is 5.91 Å². The van der Waals surface area contributed by atoms with E-state index in [1.54, 1.807) is 0 Å². The average molecular weight is 335 g/mol. The molecule has 3 aromatic rings. The van der Waals surface area contributed by atoms with Crippen LogP contribution in [0.4, 0.5) is 5.69 Å². The summed E-state index contributed by atoms with van der Waals surface area (Å²) in [7, 11) is 0. The van der Waals surface area contributed by atoms with E-state index in [1.807, 2.05) is 32.0 Å². The summed E-state index contributed by atoms with van der Waals surface area (Å²) >= 11 is 0. The maximum absolute atomic E-state index is 12.2. The van der Waals surface area contributed by atoms with Crippen molar-refractivity contribution in [2.24, 2.45) is 0 Å². The third-order valence-electron chi connectivity index (χ3n) is 4.23. The van der Waals surface area contributed by atoms with E-state index in [2.05, 4.69) is 40.4 Å². The molecule has 0 unspecified atom stereocenters. The van der Waals surface area contributed by atoms with Crippen LogP contribution in [0.25, 0.3) is 11.0 Å². The zero-order chi connectivity index (χ0) is 17.8. The first-order valence-electron chi connectivity index (χ1n) is 8.89. The predicted molar refractivity (Wildman–Crippen MR) is 103 cm³/mol. The van der Waals surface area contributed by atoms with Crippen molar-refractivity contribution in [2.75, 3.05) is 5.32 Å². The minimum atomic E-state index is 0.0429. The van der Waals surface area contributed by atoms with E-state index in [1.165, 1.54) is 0 Å². The molecule has 0 aliphatic heterocycles. The number of hydrogen-bond acceptors (Lipinski definition) is 2. The van der Waals surface area contributed by atoms with Gasteiger partial charge >= 0.3 is 0 Å². The van der Waals surface area contributed by atoms with Crippen LogP contribution in [0.2, 0.25) is 0 Å². The van der Waals surface area contributed by atoms with Crippen LogP contribution < -0.4 is 5.32 Å². The van der Waals surface area contributed by atoms with Gasteiger partial charge in [-0.3, -0.25) is 4.79 Å². The monoisotopic (exact) mass is 335 g/mol. The van der Waals surface area contributed by atoms with Gasteiger partial charge in [0.25, 0.3) is 0 Å². The van der Waals surface area contributed by atoms with Crippen molar-refractivity contribution >= 4 is 22.6 Å². The van der Waals surface area contributed by atoms with Gasteiger partial charge in [-0.25, -0.2) is 4.98 Å². The number of aromatic nitrogens is 2. The molecule has 0 spiro atoms. The zero-order valence-electron chi connectivity index (χ0n) is 15.1. The lowest BCUT2D eigenvalue weighted by atomic mass is 10.1. The lowest BCUT2D eigenvalue weighted by Crippen LogP contribution is -2.12. The van der Waals surface area contributed by atoms with Crippen molar-refractivity contribution in [1.29, 1.82) is 0 Å². The summed E-state index contributed by atoms with van der Waals surface area (Å²) in [6.07, 6.45) is 3.22. The molecule has 3 rings (SSSR count). The van der Waals surface area contributed by atoms with E-state index in [4.69, 9.17) is 0 Å². The number of aromatic amines is 1. The maximum atomic E-state index is 12.2. The fourth-order valence-corrected chi connectivity index (χ4v) is 3.15. The molecule has 0 fully saturated rings. The summed E-state index contributed by atoms with van der Waals surface area (Å²) in [5.41, 5.74) is 6.37. The average Bonchev–Trinajstić information content (AvgIpc) is 2.94. The van der Waals surface area contributed by atoms with Crippen LogP contribution in [0.3, 0.4) is 0 Å². The molecule has 1 heterocycles. The lowest BCUT2D eigenvalue weighted by Gasteiger charge is -2.07. The molecule has 2 aromatic carbocycles. The number of anilines is 1. The SMILES string of the molecule is CCCc1nc2ccc(CCC(=O)Nc3cc(C)cc(C)c3)cc2[nH]1. The summed E-state index contributed by atoms with van der Waals surface area (Å²) in [6.45, 7) is 6.22. The van der Waals surface area contributed by atoms with Gasteiger partial charge in [0.15, 0.2) is 0 Å². The number of nitrogens with one attached hydrogen (secondary N) is 2. The largest absolute Gasteiger partial charge is 0.342 e. The van der Waals surface area contributed by atoms with Crippen LogP contribution in [0, 0.1) is 13.8 Å².